The van der Waals surface area contributed by atoms with Gasteiger partial charge in [-0.1, -0.05) is 0 Å². The van der Waals surface area contributed by atoms with Gasteiger partial charge in [-0.2, -0.15) is 0 Å². The number of nitrogens with zero attached hydrogens (tertiary/aromatic N) is 1. The molecule has 1 fully saturated rings. The normalized spacial score (nSPS) is 20.6. The zero-order chi connectivity index (χ0) is 14.7. The SMILES string of the molecule is COc1cc(OC)cc([C@H]2CCN([C@@H](C)C(=O)O)C2)c1. The molecule has 0 radical (unpaired) electrons. The van der Waals surface area contributed by atoms with Crippen LogP contribution >= 0.6 is 0 Å². The van der Waals surface area contributed by atoms with E-state index in [9.17, 15) is 4.79 Å². The van der Waals surface area contributed by atoms with Crippen LogP contribution in [-0.4, -0.2) is 49.3 Å². The first kappa shape index (κ1) is 14.7. The Hall–Kier alpha value is -1.75. The van der Waals surface area contributed by atoms with Gasteiger partial charge >= 0.3 is 5.97 Å². The Bertz CT molecular complexity index is 467. The quantitative estimate of drug-likeness (QED) is 0.893. The van der Waals surface area contributed by atoms with Crippen molar-refractivity contribution in [3.05, 3.63) is 23.8 Å². The van der Waals surface area contributed by atoms with Gasteiger partial charge < -0.3 is 14.6 Å². The molecule has 0 unspecified atom stereocenters. The summed E-state index contributed by atoms with van der Waals surface area (Å²) < 4.78 is 10.6. The number of carbonyl (C=O) groups is 1. The Morgan fingerprint density at radius 2 is 1.90 bits per heavy atom. The van der Waals surface area contributed by atoms with Crippen LogP contribution in [0.25, 0.3) is 0 Å². The number of carboxylic acids is 1. The highest BCUT2D eigenvalue weighted by Gasteiger charge is 2.30. The van der Waals surface area contributed by atoms with Gasteiger partial charge in [0.25, 0.3) is 0 Å². The lowest BCUT2D eigenvalue weighted by molar-refractivity contribution is -0.142. The average Bonchev–Trinajstić information content (AvgIpc) is 2.95. The summed E-state index contributed by atoms with van der Waals surface area (Å²) in [7, 11) is 3.26. The van der Waals surface area contributed by atoms with E-state index in [1.54, 1.807) is 21.1 Å². The molecule has 1 aromatic carbocycles. The van der Waals surface area contributed by atoms with Crippen molar-refractivity contribution in [2.45, 2.75) is 25.3 Å². The number of hydrogen-bond donors (Lipinski definition) is 1. The van der Waals surface area contributed by atoms with Crippen LogP contribution in [0.1, 0.15) is 24.8 Å². The molecule has 110 valence electrons. The van der Waals surface area contributed by atoms with Gasteiger partial charge in [0.2, 0.25) is 0 Å². The standard InChI is InChI=1S/C15H21NO4/c1-10(15(17)18)16-5-4-11(9-16)12-6-13(19-2)8-14(7-12)20-3/h6-8,10-11H,4-5,9H2,1-3H3,(H,17,18)/t10-,11-/m0/s1. The maximum atomic E-state index is 11.0. The molecule has 5 nitrogen and oxygen atoms in total. The van der Waals surface area contributed by atoms with E-state index in [-0.39, 0.29) is 0 Å². The first-order valence-corrected chi connectivity index (χ1v) is 6.75. The predicted molar refractivity (Wildman–Crippen MR) is 75.6 cm³/mol. The Balaban J connectivity index is 2.15. The summed E-state index contributed by atoms with van der Waals surface area (Å²) in [5.74, 6) is 1.09. The van der Waals surface area contributed by atoms with Crippen molar-refractivity contribution in [3.8, 4) is 11.5 Å². The van der Waals surface area contributed by atoms with E-state index in [0.29, 0.717) is 5.92 Å². The Morgan fingerprint density at radius 3 is 2.40 bits per heavy atom. The molecule has 0 aliphatic carbocycles. The number of hydrogen-bond acceptors (Lipinski definition) is 4. The van der Waals surface area contributed by atoms with Crippen molar-refractivity contribution >= 4 is 5.97 Å². The maximum Gasteiger partial charge on any atom is 0.320 e. The lowest BCUT2D eigenvalue weighted by Crippen LogP contribution is -2.37. The van der Waals surface area contributed by atoms with Crippen LogP contribution in [0.4, 0.5) is 0 Å². The van der Waals surface area contributed by atoms with Gasteiger partial charge in [-0.3, -0.25) is 9.69 Å². The van der Waals surface area contributed by atoms with Gasteiger partial charge in [-0.15, -0.1) is 0 Å². The van der Waals surface area contributed by atoms with Gasteiger partial charge in [0.05, 0.1) is 14.2 Å². The monoisotopic (exact) mass is 279 g/mol. The molecule has 0 saturated carbocycles. The van der Waals surface area contributed by atoms with Gasteiger partial charge in [-0.25, -0.2) is 0 Å². The summed E-state index contributed by atoms with van der Waals surface area (Å²) in [5.41, 5.74) is 1.14. The second-order valence-electron chi connectivity index (χ2n) is 5.14. The highest BCUT2D eigenvalue weighted by molar-refractivity contribution is 5.72. The van der Waals surface area contributed by atoms with Gasteiger partial charge in [0.15, 0.2) is 0 Å². The molecule has 1 aliphatic heterocycles. The summed E-state index contributed by atoms with van der Waals surface area (Å²) in [5, 5.41) is 9.08. The molecule has 20 heavy (non-hydrogen) atoms. The molecule has 0 aromatic heterocycles. The van der Waals surface area contributed by atoms with Crippen LogP contribution in [0.5, 0.6) is 11.5 Å². The molecule has 0 spiro atoms. The Morgan fingerprint density at radius 1 is 1.30 bits per heavy atom. The van der Waals surface area contributed by atoms with E-state index < -0.39 is 12.0 Å². The van der Waals surface area contributed by atoms with Crippen molar-refractivity contribution in [3.63, 3.8) is 0 Å². The average molecular weight is 279 g/mol. The molecule has 1 aliphatic rings. The number of carboxylic acid groups (broad SMARTS) is 1. The van der Waals surface area contributed by atoms with Crippen LogP contribution in [-0.2, 0) is 4.79 Å². The first-order valence-electron chi connectivity index (χ1n) is 6.75. The third kappa shape index (κ3) is 3.04. The van der Waals surface area contributed by atoms with Crippen molar-refractivity contribution in [1.29, 1.82) is 0 Å². The molecule has 1 N–H and O–H groups in total. The van der Waals surface area contributed by atoms with Crippen molar-refractivity contribution in [2.24, 2.45) is 0 Å². The Labute approximate surface area is 119 Å². The van der Waals surface area contributed by atoms with E-state index in [0.717, 1.165) is 36.6 Å². The summed E-state index contributed by atoms with van der Waals surface area (Å²) in [6, 6.07) is 5.41. The fraction of sp³-hybridized carbons (Fsp3) is 0.533. The molecule has 0 amide bonds. The van der Waals surface area contributed by atoms with E-state index >= 15 is 0 Å². The highest BCUT2D eigenvalue weighted by Crippen LogP contribution is 2.33. The molecule has 0 bridgehead atoms. The first-order chi connectivity index (χ1) is 9.55. The number of rotatable bonds is 5. The topological polar surface area (TPSA) is 59.0 Å². The minimum Gasteiger partial charge on any atom is -0.497 e. The molecule has 1 saturated heterocycles. The van der Waals surface area contributed by atoms with Crippen LogP contribution in [0, 0.1) is 0 Å². The summed E-state index contributed by atoms with van der Waals surface area (Å²) in [4.78, 5) is 13.0. The third-order valence-corrected chi connectivity index (χ3v) is 3.97. The van der Waals surface area contributed by atoms with E-state index in [1.807, 2.05) is 23.1 Å². The molecular formula is C15H21NO4. The van der Waals surface area contributed by atoms with Crippen LogP contribution < -0.4 is 9.47 Å². The molecular weight excluding hydrogens is 258 g/mol. The van der Waals surface area contributed by atoms with Gasteiger partial charge in [0, 0.05) is 12.6 Å². The van der Waals surface area contributed by atoms with E-state index in [1.165, 1.54) is 0 Å². The summed E-state index contributed by atoms with van der Waals surface area (Å²) >= 11 is 0. The van der Waals surface area contributed by atoms with Crippen molar-refractivity contribution in [1.82, 2.24) is 4.90 Å². The van der Waals surface area contributed by atoms with E-state index in [4.69, 9.17) is 14.6 Å². The number of likely N-dealkylation sites (tertiary alicyclic amines) is 1. The zero-order valence-corrected chi connectivity index (χ0v) is 12.1. The number of methoxy groups -OCH3 is 2. The van der Waals surface area contributed by atoms with Crippen molar-refractivity contribution in [2.75, 3.05) is 27.3 Å². The third-order valence-electron chi connectivity index (χ3n) is 3.97. The van der Waals surface area contributed by atoms with Gasteiger partial charge in [0.1, 0.15) is 17.5 Å². The van der Waals surface area contributed by atoms with E-state index in [2.05, 4.69) is 0 Å². The second-order valence-corrected chi connectivity index (χ2v) is 5.14. The second kappa shape index (κ2) is 6.13. The van der Waals surface area contributed by atoms with Crippen molar-refractivity contribution < 1.29 is 19.4 Å². The van der Waals surface area contributed by atoms with Crippen LogP contribution in [0.3, 0.4) is 0 Å². The Kier molecular flexibility index (Phi) is 4.49. The molecule has 2 atom stereocenters. The zero-order valence-electron chi connectivity index (χ0n) is 12.1. The molecule has 1 aromatic rings. The molecule has 1 heterocycles. The van der Waals surface area contributed by atoms with Crippen LogP contribution in [0.2, 0.25) is 0 Å². The fourth-order valence-electron chi connectivity index (χ4n) is 2.63. The predicted octanol–water partition coefficient (Wildman–Crippen LogP) is 1.97. The lowest BCUT2D eigenvalue weighted by atomic mass is 9.98. The summed E-state index contributed by atoms with van der Waals surface area (Å²) in [6.07, 6.45) is 0.952. The largest absolute Gasteiger partial charge is 0.497 e. The number of benzene rings is 1. The van der Waals surface area contributed by atoms with Crippen LogP contribution in [0.15, 0.2) is 18.2 Å². The highest BCUT2D eigenvalue weighted by atomic mass is 16.5. The van der Waals surface area contributed by atoms with Gasteiger partial charge in [-0.05, 0) is 43.5 Å². The smallest absolute Gasteiger partial charge is 0.320 e. The molecule has 5 heteroatoms. The summed E-state index contributed by atoms with van der Waals surface area (Å²) in [6.45, 7) is 3.29. The molecule has 2 rings (SSSR count). The minimum atomic E-state index is -0.770. The maximum absolute atomic E-state index is 11.0. The minimum absolute atomic E-state index is 0.320. The fourth-order valence-corrected chi connectivity index (χ4v) is 2.63. The lowest BCUT2D eigenvalue weighted by Gasteiger charge is -2.20. The number of aliphatic carboxylic acids is 1. The number of ether oxygens (including phenoxy) is 2.